The molecule has 4 nitrogen and oxygen atoms in total. The second-order valence-electron chi connectivity index (χ2n) is 3.95. The van der Waals surface area contributed by atoms with Gasteiger partial charge in [-0.05, 0) is 12.3 Å². The van der Waals surface area contributed by atoms with Crippen molar-refractivity contribution >= 4 is 5.95 Å². The van der Waals surface area contributed by atoms with Crippen molar-refractivity contribution in [2.75, 3.05) is 25.1 Å². The third-order valence-corrected chi connectivity index (χ3v) is 1.99. The molecule has 0 radical (unpaired) electrons. The van der Waals surface area contributed by atoms with Gasteiger partial charge in [-0.1, -0.05) is 13.8 Å². The first-order valence-electron chi connectivity index (χ1n) is 5.47. The molecule has 0 amide bonds. The summed E-state index contributed by atoms with van der Waals surface area (Å²) in [6.45, 7) is 6.32. The van der Waals surface area contributed by atoms with Gasteiger partial charge in [0.15, 0.2) is 5.82 Å². The minimum absolute atomic E-state index is 0.425. The standard InChI is InChI=1S/C11H18FN3O/c1-9(2)3-5-16-6-4-13-11-14-7-10(12)8-15-11/h7-9H,3-6H2,1-2H3,(H,13,14,15). The van der Waals surface area contributed by atoms with Crippen LogP contribution in [0.15, 0.2) is 12.4 Å². The Morgan fingerprint density at radius 3 is 2.62 bits per heavy atom. The van der Waals surface area contributed by atoms with E-state index in [4.69, 9.17) is 4.74 Å². The van der Waals surface area contributed by atoms with Crippen molar-refractivity contribution in [2.24, 2.45) is 5.92 Å². The van der Waals surface area contributed by atoms with Gasteiger partial charge in [-0.3, -0.25) is 0 Å². The van der Waals surface area contributed by atoms with E-state index in [9.17, 15) is 4.39 Å². The van der Waals surface area contributed by atoms with Crippen molar-refractivity contribution in [2.45, 2.75) is 20.3 Å². The molecule has 0 atom stereocenters. The fourth-order valence-corrected chi connectivity index (χ4v) is 1.06. The minimum Gasteiger partial charge on any atom is -0.380 e. The van der Waals surface area contributed by atoms with Crippen LogP contribution < -0.4 is 5.32 Å². The molecule has 1 N–H and O–H groups in total. The van der Waals surface area contributed by atoms with Crippen LogP contribution >= 0.6 is 0 Å². The smallest absolute Gasteiger partial charge is 0.222 e. The number of anilines is 1. The Labute approximate surface area is 95.3 Å². The van der Waals surface area contributed by atoms with Crippen LogP contribution in [0, 0.1) is 11.7 Å². The van der Waals surface area contributed by atoms with Gasteiger partial charge >= 0.3 is 0 Å². The first-order chi connectivity index (χ1) is 7.68. The molecule has 1 aromatic rings. The van der Waals surface area contributed by atoms with Crippen molar-refractivity contribution in [1.29, 1.82) is 0 Å². The van der Waals surface area contributed by atoms with Crippen LogP contribution in [-0.2, 0) is 4.74 Å². The Kier molecular flexibility index (Phi) is 5.71. The maximum Gasteiger partial charge on any atom is 0.222 e. The monoisotopic (exact) mass is 227 g/mol. The summed E-state index contributed by atoms with van der Waals surface area (Å²) >= 11 is 0. The number of hydrogen-bond acceptors (Lipinski definition) is 4. The summed E-state index contributed by atoms with van der Waals surface area (Å²) in [6.07, 6.45) is 3.33. The Bertz CT molecular complexity index is 290. The number of halogens is 1. The Balaban J connectivity index is 2.05. The molecule has 0 unspecified atom stereocenters. The molecular formula is C11H18FN3O. The molecule has 1 heterocycles. The lowest BCUT2D eigenvalue weighted by Gasteiger charge is -2.07. The second-order valence-corrected chi connectivity index (χ2v) is 3.95. The molecule has 0 saturated heterocycles. The third-order valence-electron chi connectivity index (χ3n) is 1.99. The quantitative estimate of drug-likeness (QED) is 0.724. The van der Waals surface area contributed by atoms with Crippen molar-refractivity contribution in [3.05, 3.63) is 18.2 Å². The summed E-state index contributed by atoms with van der Waals surface area (Å²) in [4.78, 5) is 7.54. The number of aromatic nitrogens is 2. The first kappa shape index (κ1) is 12.8. The van der Waals surface area contributed by atoms with Crippen molar-refractivity contribution in [3.63, 3.8) is 0 Å². The van der Waals surface area contributed by atoms with Crippen LogP contribution in [0.2, 0.25) is 0 Å². The first-order valence-corrected chi connectivity index (χ1v) is 5.47. The molecule has 0 bridgehead atoms. The average Bonchev–Trinajstić information content (AvgIpc) is 2.25. The van der Waals surface area contributed by atoms with E-state index in [1.54, 1.807) is 0 Å². The van der Waals surface area contributed by atoms with Gasteiger partial charge in [0.05, 0.1) is 19.0 Å². The topological polar surface area (TPSA) is 47.0 Å². The molecule has 0 aliphatic rings. The van der Waals surface area contributed by atoms with Crippen molar-refractivity contribution in [3.8, 4) is 0 Å². The normalized spacial score (nSPS) is 10.8. The van der Waals surface area contributed by atoms with E-state index in [1.807, 2.05) is 0 Å². The molecule has 0 saturated carbocycles. The lowest BCUT2D eigenvalue weighted by molar-refractivity contribution is 0.132. The van der Waals surface area contributed by atoms with Gasteiger partial charge in [-0.2, -0.15) is 0 Å². The molecule has 0 aliphatic carbocycles. The summed E-state index contributed by atoms with van der Waals surface area (Å²) < 4.78 is 17.9. The molecule has 0 aliphatic heterocycles. The van der Waals surface area contributed by atoms with E-state index in [0.717, 1.165) is 25.4 Å². The van der Waals surface area contributed by atoms with Gasteiger partial charge in [0.1, 0.15) is 0 Å². The zero-order valence-corrected chi connectivity index (χ0v) is 9.74. The van der Waals surface area contributed by atoms with Crippen LogP contribution in [0.4, 0.5) is 10.3 Å². The van der Waals surface area contributed by atoms with Gasteiger partial charge in [0.2, 0.25) is 5.95 Å². The highest BCUT2D eigenvalue weighted by molar-refractivity contribution is 5.21. The molecule has 90 valence electrons. The molecule has 16 heavy (non-hydrogen) atoms. The number of ether oxygens (including phenoxy) is 1. The zero-order valence-electron chi connectivity index (χ0n) is 9.74. The van der Waals surface area contributed by atoms with Gasteiger partial charge in [-0.25, -0.2) is 14.4 Å². The SMILES string of the molecule is CC(C)CCOCCNc1ncc(F)cn1. The molecular weight excluding hydrogens is 209 g/mol. The van der Waals surface area contributed by atoms with E-state index in [-0.39, 0.29) is 0 Å². The Hall–Kier alpha value is -1.23. The highest BCUT2D eigenvalue weighted by Gasteiger charge is 1.96. The summed E-state index contributed by atoms with van der Waals surface area (Å²) in [5.41, 5.74) is 0. The lowest BCUT2D eigenvalue weighted by Crippen LogP contribution is -2.12. The number of hydrogen-bond donors (Lipinski definition) is 1. The number of nitrogens with one attached hydrogen (secondary N) is 1. The van der Waals surface area contributed by atoms with E-state index < -0.39 is 5.82 Å². The highest BCUT2D eigenvalue weighted by atomic mass is 19.1. The van der Waals surface area contributed by atoms with Crippen LogP contribution in [0.25, 0.3) is 0 Å². The van der Waals surface area contributed by atoms with Crippen LogP contribution in [-0.4, -0.2) is 29.7 Å². The maximum absolute atomic E-state index is 12.5. The number of rotatable bonds is 7. The fourth-order valence-electron chi connectivity index (χ4n) is 1.06. The minimum atomic E-state index is -0.432. The molecule has 0 aromatic carbocycles. The number of nitrogens with zero attached hydrogens (tertiary/aromatic N) is 2. The van der Waals surface area contributed by atoms with Crippen molar-refractivity contribution < 1.29 is 9.13 Å². The summed E-state index contributed by atoms with van der Waals surface area (Å²) in [6, 6.07) is 0. The van der Waals surface area contributed by atoms with E-state index in [2.05, 4.69) is 29.1 Å². The highest BCUT2D eigenvalue weighted by Crippen LogP contribution is 1.99. The summed E-state index contributed by atoms with van der Waals surface area (Å²) in [5, 5.41) is 2.95. The van der Waals surface area contributed by atoms with E-state index in [0.29, 0.717) is 25.0 Å². The van der Waals surface area contributed by atoms with E-state index in [1.165, 1.54) is 0 Å². The molecule has 5 heteroatoms. The Morgan fingerprint density at radius 1 is 1.31 bits per heavy atom. The molecule has 1 aromatic heterocycles. The van der Waals surface area contributed by atoms with E-state index >= 15 is 0 Å². The molecule has 1 rings (SSSR count). The largest absolute Gasteiger partial charge is 0.380 e. The summed E-state index contributed by atoms with van der Waals surface area (Å²) in [7, 11) is 0. The Morgan fingerprint density at radius 2 is 2.00 bits per heavy atom. The van der Waals surface area contributed by atoms with Gasteiger partial charge in [-0.15, -0.1) is 0 Å². The average molecular weight is 227 g/mol. The third kappa shape index (κ3) is 5.60. The summed E-state index contributed by atoms with van der Waals surface area (Å²) in [5.74, 6) is 0.654. The second kappa shape index (κ2) is 7.11. The van der Waals surface area contributed by atoms with Gasteiger partial charge < -0.3 is 10.1 Å². The van der Waals surface area contributed by atoms with Gasteiger partial charge in [0.25, 0.3) is 0 Å². The predicted molar refractivity (Wildman–Crippen MR) is 60.8 cm³/mol. The van der Waals surface area contributed by atoms with Crippen molar-refractivity contribution in [1.82, 2.24) is 9.97 Å². The lowest BCUT2D eigenvalue weighted by atomic mass is 10.1. The predicted octanol–water partition coefficient (Wildman–Crippen LogP) is 2.09. The zero-order chi connectivity index (χ0) is 11.8. The van der Waals surface area contributed by atoms with Crippen LogP contribution in [0.1, 0.15) is 20.3 Å². The fraction of sp³-hybridized carbons (Fsp3) is 0.636. The van der Waals surface area contributed by atoms with Crippen LogP contribution in [0.3, 0.4) is 0 Å². The molecule has 0 fully saturated rings. The van der Waals surface area contributed by atoms with Gasteiger partial charge in [0, 0.05) is 13.2 Å². The van der Waals surface area contributed by atoms with Crippen LogP contribution in [0.5, 0.6) is 0 Å². The molecule has 0 spiro atoms. The maximum atomic E-state index is 12.5.